The molecule has 0 aromatic rings. The van der Waals surface area contributed by atoms with Crippen molar-refractivity contribution in [3.8, 4) is 0 Å². The van der Waals surface area contributed by atoms with Gasteiger partial charge in [-0.25, -0.2) is 0 Å². The van der Waals surface area contributed by atoms with E-state index in [9.17, 15) is 0 Å². The molecule has 0 radical (unpaired) electrons. The quantitative estimate of drug-likeness (QED) is 0.229. The van der Waals surface area contributed by atoms with Crippen molar-refractivity contribution in [1.82, 2.24) is 0 Å². The van der Waals surface area contributed by atoms with Crippen LogP contribution in [0.15, 0.2) is 0 Å². The van der Waals surface area contributed by atoms with Crippen LogP contribution < -0.4 is 17.3 Å². The molecule has 172 valence electrons. The van der Waals surface area contributed by atoms with Crippen LogP contribution in [0, 0.1) is 0 Å². The molecule has 0 amide bonds. The first-order chi connectivity index (χ1) is 13.3. The van der Waals surface area contributed by atoms with Gasteiger partial charge in [0.2, 0.25) is 0 Å². The van der Waals surface area contributed by atoms with E-state index in [2.05, 4.69) is 20.8 Å². The van der Waals surface area contributed by atoms with Crippen molar-refractivity contribution >= 4 is 0 Å². The van der Waals surface area contributed by atoms with Gasteiger partial charge in [0.15, 0.2) is 0 Å². The molecule has 0 saturated heterocycles. The van der Waals surface area contributed by atoms with E-state index in [4.69, 9.17) is 0 Å². The van der Waals surface area contributed by atoms with Gasteiger partial charge in [0.25, 0.3) is 0 Å². The first kappa shape index (κ1) is 30.4. The van der Waals surface area contributed by atoms with Crippen LogP contribution in [0.1, 0.15) is 149 Å². The first-order valence-corrected chi connectivity index (χ1v) is 13.2. The predicted molar refractivity (Wildman–Crippen MR) is 125 cm³/mol. The summed E-state index contributed by atoms with van der Waals surface area (Å²) in [6.45, 7) is 11.2. The van der Waals surface area contributed by atoms with E-state index < -0.39 is 0 Å². The van der Waals surface area contributed by atoms with Crippen molar-refractivity contribution in [2.75, 3.05) is 19.6 Å². The summed E-state index contributed by atoms with van der Waals surface area (Å²) in [7, 11) is 0. The normalized spacial score (nSPS) is 11.1. The van der Waals surface area contributed by atoms with Gasteiger partial charge < -0.3 is 17.3 Å². The molecule has 28 heavy (non-hydrogen) atoms. The molecule has 0 atom stereocenters. The number of quaternary nitrogens is 1. The Morgan fingerprint density at radius 1 is 0.357 bits per heavy atom. The van der Waals surface area contributed by atoms with Crippen LogP contribution in [0.5, 0.6) is 0 Å². The Balaban J connectivity index is 0. The van der Waals surface area contributed by atoms with Gasteiger partial charge in [-0.15, -0.1) is 0 Å². The number of rotatable bonds is 23. The molecule has 0 aromatic heterocycles. The molecule has 0 heterocycles. The Morgan fingerprint density at radius 3 is 0.857 bits per heavy atom. The number of halogens is 1. The second kappa shape index (κ2) is 27.2. The first-order valence-electron chi connectivity index (χ1n) is 13.2. The Labute approximate surface area is 186 Å². The standard InChI is InChI=1S/C26H55N.ClH/c1-4-7-9-11-13-15-17-19-21-23-25-27(6-3)26-24-22-20-18-16-14-12-10-8-5-2;/h4-26H2,1-3H3;1H. The second-order valence-electron chi connectivity index (χ2n) is 8.97. The summed E-state index contributed by atoms with van der Waals surface area (Å²) < 4.78 is 0. The van der Waals surface area contributed by atoms with Gasteiger partial charge in [0, 0.05) is 0 Å². The molecule has 0 unspecified atom stereocenters. The highest BCUT2D eigenvalue weighted by Crippen LogP contribution is 2.11. The van der Waals surface area contributed by atoms with Crippen LogP contribution in [0.4, 0.5) is 0 Å². The van der Waals surface area contributed by atoms with E-state index in [1.165, 1.54) is 148 Å². The van der Waals surface area contributed by atoms with Crippen LogP contribution in [0.3, 0.4) is 0 Å². The van der Waals surface area contributed by atoms with Crippen LogP contribution in [-0.2, 0) is 0 Å². The molecule has 0 aliphatic carbocycles. The summed E-state index contributed by atoms with van der Waals surface area (Å²) in [5.41, 5.74) is 0. The van der Waals surface area contributed by atoms with Gasteiger partial charge >= 0.3 is 0 Å². The van der Waals surface area contributed by atoms with Crippen molar-refractivity contribution in [2.24, 2.45) is 0 Å². The van der Waals surface area contributed by atoms with Gasteiger partial charge in [0.05, 0.1) is 19.6 Å². The monoisotopic (exact) mass is 417 g/mol. The molecule has 0 aliphatic rings. The van der Waals surface area contributed by atoms with Gasteiger partial charge in [-0.3, -0.25) is 0 Å². The zero-order chi connectivity index (χ0) is 19.8. The van der Waals surface area contributed by atoms with Crippen molar-refractivity contribution in [3.05, 3.63) is 0 Å². The Morgan fingerprint density at radius 2 is 0.607 bits per heavy atom. The molecule has 1 N–H and O–H groups in total. The average Bonchev–Trinajstić information content (AvgIpc) is 2.69. The summed E-state index contributed by atoms with van der Waals surface area (Å²) in [5, 5.41) is 0. The highest BCUT2D eigenvalue weighted by molar-refractivity contribution is 4.49. The second-order valence-corrected chi connectivity index (χ2v) is 8.97. The SMILES string of the molecule is CCCCCCCCCCCC[NH+](CC)CCCCCCCCCCCC.[Cl-]. The minimum absolute atomic E-state index is 0. The molecule has 0 fully saturated rings. The zero-order valence-corrected chi connectivity index (χ0v) is 20.9. The smallest absolute Gasteiger partial charge is 0.0770 e. The summed E-state index contributed by atoms with van der Waals surface area (Å²) >= 11 is 0. The van der Waals surface area contributed by atoms with Gasteiger partial charge in [0.1, 0.15) is 0 Å². The lowest BCUT2D eigenvalue weighted by atomic mass is 10.1. The maximum atomic E-state index is 2.38. The number of unbranched alkanes of at least 4 members (excludes halogenated alkanes) is 18. The minimum Gasteiger partial charge on any atom is -1.00 e. The van der Waals surface area contributed by atoms with Crippen LogP contribution in [0.25, 0.3) is 0 Å². The van der Waals surface area contributed by atoms with Gasteiger partial charge in [-0.05, 0) is 32.6 Å². The van der Waals surface area contributed by atoms with E-state index in [1.807, 2.05) is 4.90 Å². The summed E-state index contributed by atoms with van der Waals surface area (Å²) in [6.07, 6.45) is 29.2. The van der Waals surface area contributed by atoms with E-state index in [0.29, 0.717) is 0 Å². The van der Waals surface area contributed by atoms with Crippen LogP contribution >= 0.6 is 0 Å². The largest absolute Gasteiger partial charge is 1.00 e. The molecular weight excluding hydrogens is 362 g/mol. The zero-order valence-electron chi connectivity index (χ0n) is 20.1. The fourth-order valence-electron chi connectivity index (χ4n) is 4.20. The highest BCUT2D eigenvalue weighted by atomic mass is 35.5. The number of hydrogen-bond donors (Lipinski definition) is 1. The van der Waals surface area contributed by atoms with E-state index in [-0.39, 0.29) is 12.4 Å². The topological polar surface area (TPSA) is 4.44 Å². The number of hydrogen-bond acceptors (Lipinski definition) is 0. The molecule has 0 bridgehead atoms. The molecule has 0 aliphatic heterocycles. The molecule has 0 saturated carbocycles. The van der Waals surface area contributed by atoms with E-state index in [0.717, 1.165) is 0 Å². The van der Waals surface area contributed by atoms with Crippen molar-refractivity contribution in [1.29, 1.82) is 0 Å². The van der Waals surface area contributed by atoms with E-state index >= 15 is 0 Å². The van der Waals surface area contributed by atoms with Crippen molar-refractivity contribution in [2.45, 2.75) is 149 Å². The Kier molecular flexibility index (Phi) is 29.6. The average molecular weight is 418 g/mol. The maximum absolute atomic E-state index is 2.38. The lowest BCUT2D eigenvalue weighted by Crippen LogP contribution is -3.11. The third-order valence-electron chi connectivity index (χ3n) is 6.27. The Bertz CT molecular complexity index is 233. The summed E-state index contributed by atoms with van der Waals surface area (Å²) in [4.78, 5) is 1.86. The lowest BCUT2D eigenvalue weighted by molar-refractivity contribution is -0.898. The van der Waals surface area contributed by atoms with E-state index in [1.54, 1.807) is 0 Å². The van der Waals surface area contributed by atoms with Crippen molar-refractivity contribution < 1.29 is 17.3 Å². The molecule has 1 nitrogen and oxygen atoms in total. The Hall–Kier alpha value is 0.250. The van der Waals surface area contributed by atoms with Crippen molar-refractivity contribution in [3.63, 3.8) is 0 Å². The predicted octanol–water partition coefficient (Wildman–Crippen LogP) is 4.74. The van der Waals surface area contributed by atoms with Crippen LogP contribution in [-0.4, -0.2) is 19.6 Å². The number of nitrogens with one attached hydrogen (secondary N) is 1. The lowest BCUT2D eigenvalue weighted by Gasteiger charge is -2.17. The molecule has 0 rings (SSSR count). The molecule has 0 spiro atoms. The van der Waals surface area contributed by atoms with Gasteiger partial charge in [-0.1, -0.05) is 117 Å². The third-order valence-corrected chi connectivity index (χ3v) is 6.27. The third kappa shape index (κ3) is 24.3. The molecule has 0 aromatic carbocycles. The van der Waals surface area contributed by atoms with Crippen LogP contribution in [0.2, 0.25) is 0 Å². The molecule has 2 heteroatoms. The summed E-state index contributed by atoms with van der Waals surface area (Å²) in [5.74, 6) is 0. The minimum atomic E-state index is 0. The fourth-order valence-corrected chi connectivity index (χ4v) is 4.20. The molecular formula is C26H56ClN. The highest BCUT2D eigenvalue weighted by Gasteiger charge is 2.05. The van der Waals surface area contributed by atoms with Gasteiger partial charge in [-0.2, -0.15) is 0 Å². The summed E-state index contributed by atoms with van der Waals surface area (Å²) in [6, 6.07) is 0. The fraction of sp³-hybridized carbons (Fsp3) is 1.00. The maximum Gasteiger partial charge on any atom is 0.0770 e.